The summed E-state index contributed by atoms with van der Waals surface area (Å²) < 4.78 is 0. The summed E-state index contributed by atoms with van der Waals surface area (Å²) in [6, 6.07) is 0. The van der Waals surface area contributed by atoms with Crippen LogP contribution in [0.2, 0.25) is 0 Å². The zero-order valence-electron chi connectivity index (χ0n) is 5.29. The normalized spacial score (nSPS) is 9.00. The van der Waals surface area contributed by atoms with E-state index in [9.17, 15) is 14.9 Å². The minimum absolute atomic E-state index is 0.0729. The van der Waals surface area contributed by atoms with Gasteiger partial charge in [-0.15, -0.1) is 0 Å². The average Bonchev–Trinajstić information content (AvgIpc) is 1.82. The van der Waals surface area contributed by atoms with Gasteiger partial charge in [-0.05, 0) is 6.42 Å². The molecular weight excluding hydrogens is 122 g/mol. The zero-order valence-corrected chi connectivity index (χ0v) is 5.29. The second-order valence-corrected chi connectivity index (χ2v) is 1.75. The maximum absolute atomic E-state index is 10.2. The van der Waals surface area contributed by atoms with Gasteiger partial charge in [0.15, 0.2) is 0 Å². The Hall–Kier alpha value is -0.930. The number of rotatable bonds is 3. The van der Waals surface area contributed by atoms with Crippen LogP contribution in [0.3, 0.4) is 0 Å². The molecule has 1 amide bonds. The second kappa shape index (κ2) is 4.00. The molecule has 0 aromatic rings. The molecule has 0 saturated heterocycles. The lowest BCUT2D eigenvalue weighted by atomic mass is 10.2. The molecule has 0 fully saturated rings. The number of nitrogens with zero attached hydrogens (tertiary/aromatic N) is 1. The molecule has 0 saturated carbocycles. The minimum Gasteiger partial charge on any atom is -0.256 e. The molecule has 0 N–H and O–H groups in total. The van der Waals surface area contributed by atoms with Gasteiger partial charge >= 0.3 is 5.91 Å². The molecule has 52 valence electrons. The van der Waals surface area contributed by atoms with Crippen molar-refractivity contribution in [3.8, 4) is 0 Å². The lowest BCUT2D eigenvalue weighted by Gasteiger charge is -1.86. The van der Waals surface area contributed by atoms with Crippen LogP contribution in [0, 0.1) is 10.1 Å². The maximum atomic E-state index is 10.2. The van der Waals surface area contributed by atoms with Crippen LogP contribution in [-0.2, 0) is 4.79 Å². The fourth-order valence-corrected chi connectivity index (χ4v) is 0.419. The van der Waals surface area contributed by atoms with Gasteiger partial charge in [0.2, 0.25) is 0 Å². The fraction of sp³-hybridized carbons (Fsp3) is 0.800. The third kappa shape index (κ3) is 3.64. The third-order valence-electron chi connectivity index (χ3n) is 0.948. The molecule has 0 radical (unpaired) electrons. The van der Waals surface area contributed by atoms with Crippen LogP contribution in [0.4, 0.5) is 0 Å². The van der Waals surface area contributed by atoms with Crippen LogP contribution in [-0.4, -0.2) is 10.8 Å². The van der Waals surface area contributed by atoms with Crippen molar-refractivity contribution in [3.05, 3.63) is 10.1 Å². The molecule has 0 spiro atoms. The summed E-state index contributed by atoms with van der Waals surface area (Å²) in [4.78, 5) is 19.0. The first kappa shape index (κ1) is 8.07. The van der Waals surface area contributed by atoms with E-state index in [4.69, 9.17) is 0 Å². The van der Waals surface area contributed by atoms with E-state index < -0.39 is 10.8 Å². The third-order valence-corrected chi connectivity index (χ3v) is 0.948. The van der Waals surface area contributed by atoms with Crippen molar-refractivity contribution in [2.24, 2.45) is 0 Å². The molecule has 0 aliphatic heterocycles. The average molecular weight is 131 g/mol. The zero-order chi connectivity index (χ0) is 7.28. The molecule has 4 nitrogen and oxygen atoms in total. The SMILES string of the molecule is CCCCC(=O)[N+](=O)[O-]. The maximum Gasteiger partial charge on any atom is 0.444 e. The van der Waals surface area contributed by atoms with Crippen molar-refractivity contribution >= 4 is 5.91 Å². The van der Waals surface area contributed by atoms with Crippen molar-refractivity contribution in [1.82, 2.24) is 0 Å². The van der Waals surface area contributed by atoms with Crippen molar-refractivity contribution in [1.29, 1.82) is 0 Å². The standard InChI is InChI=1S/C5H9NO3/c1-2-3-4-5(7)6(8)9/h2-4H2,1H3. The Morgan fingerprint density at radius 2 is 2.22 bits per heavy atom. The van der Waals surface area contributed by atoms with Crippen molar-refractivity contribution in [2.75, 3.05) is 0 Å². The van der Waals surface area contributed by atoms with Crippen LogP contribution in [0.5, 0.6) is 0 Å². The molecule has 0 aliphatic rings. The molecule has 0 rings (SSSR count). The fourth-order valence-electron chi connectivity index (χ4n) is 0.419. The number of hydrogen-bond donors (Lipinski definition) is 0. The molecule has 0 unspecified atom stereocenters. The molecule has 0 aliphatic carbocycles. The van der Waals surface area contributed by atoms with Crippen molar-refractivity contribution in [3.63, 3.8) is 0 Å². The summed E-state index contributed by atoms with van der Waals surface area (Å²) in [6.07, 6.45) is 1.50. The molecule has 0 atom stereocenters. The van der Waals surface area contributed by atoms with Gasteiger partial charge < -0.3 is 0 Å². The first-order chi connectivity index (χ1) is 4.18. The van der Waals surface area contributed by atoms with Gasteiger partial charge in [-0.1, -0.05) is 13.3 Å². The van der Waals surface area contributed by atoms with Crippen LogP contribution >= 0.6 is 0 Å². The lowest BCUT2D eigenvalue weighted by molar-refractivity contribution is -0.402. The predicted octanol–water partition coefficient (Wildman–Crippen LogP) is 0.980. The largest absolute Gasteiger partial charge is 0.444 e. The van der Waals surface area contributed by atoms with Crippen LogP contribution in [0.25, 0.3) is 0 Å². The van der Waals surface area contributed by atoms with Gasteiger partial charge in [0.25, 0.3) is 0 Å². The van der Waals surface area contributed by atoms with Crippen molar-refractivity contribution in [2.45, 2.75) is 26.2 Å². The highest BCUT2D eigenvalue weighted by atomic mass is 16.6. The number of nitro groups is 1. The Balaban J connectivity index is 3.39. The van der Waals surface area contributed by atoms with Crippen LogP contribution in [0.1, 0.15) is 26.2 Å². The van der Waals surface area contributed by atoms with E-state index in [-0.39, 0.29) is 6.42 Å². The highest BCUT2D eigenvalue weighted by Crippen LogP contribution is 1.94. The molecule has 4 heteroatoms. The molecule has 0 bridgehead atoms. The Bertz CT molecular complexity index is 121. The smallest absolute Gasteiger partial charge is 0.256 e. The lowest BCUT2D eigenvalue weighted by Crippen LogP contribution is -2.09. The van der Waals surface area contributed by atoms with Gasteiger partial charge in [-0.3, -0.25) is 10.1 Å². The number of unbranched alkanes of at least 4 members (excludes halogenated alkanes) is 1. The molecular formula is C5H9NO3. The Morgan fingerprint density at radius 3 is 2.56 bits per heavy atom. The Labute approximate surface area is 53.0 Å². The van der Waals surface area contributed by atoms with Gasteiger partial charge in [-0.2, -0.15) is 0 Å². The summed E-state index contributed by atoms with van der Waals surface area (Å²) >= 11 is 0. The van der Waals surface area contributed by atoms with Gasteiger partial charge in [0.05, 0.1) is 6.42 Å². The summed E-state index contributed by atoms with van der Waals surface area (Å²) in [5.74, 6) is -0.878. The number of hydrogen-bond acceptors (Lipinski definition) is 3. The van der Waals surface area contributed by atoms with Gasteiger partial charge in [0.1, 0.15) is 4.92 Å². The van der Waals surface area contributed by atoms with Crippen LogP contribution < -0.4 is 0 Å². The monoisotopic (exact) mass is 131 g/mol. The molecule has 0 aromatic heterocycles. The van der Waals surface area contributed by atoms with E-state index in [0.29, 0.717) is 6.42 Å². The van der Waals surface area contributed by atoms with E-state index in [0.717, 1.165) is 6.42 Å². The summed E-state index contributed by atoms with van der Waals surface area (Å²) in [6.45, 7) is 1.88. The number of carbonyl (C=O) groups excluding carboxylic acids is 1. The topological polar surface area (TPSA) is 60.2 Å². The van der Waals surface area contributed by atoms with E-state index in [1.165, 1.54) is 0 Å². The minimum atomic E-state index is -0.878. The van der Waals surface area contributed by atoms with E-state index in [1.807, 2.05) is 6.92 Å². The first-order valence-electron chi connectivity index (χ1n) is 2.85. The highest BCUT2D eigenvalue weighted by Gasteiger charge is 2.11. The van der Waals surface area contributed by atoms with E-state index in [1.54, 1.807) is 0 Å². The number of carbonyl (C=O) groups is 1. The van der Waals surface area contributed by atoms with Gasteiger partial charge in [0, 0.05) is 0 Å². The van der Waals surface area contributed by atoms with Crippen molar-refractivity contribution < 1.29 is 9.72 Å². The number of amides is 1. The molecule has 0 aromatic carbocycles. The summed E-state index contributed by atoms with van der Waals surface area (Å²) in [5, 5.41) is 9.66. The Morgan fingerprint density at radius 1 is 1.67 bits per heavy atom. The van der Waals surface area contributed by atoms with Gasteiger partial charge in [-0.25, -0.2) is 4.79 Å². The Kier molecular flexibility index (Phi) is 3.59. The summed E-state index contributed by atoms with van der Waals surface area (Å²) in [7, 11) is 0. The second-order valence-electron chi connectivity index (χ2n) is 1.75. The molecule has 9 heavy (non-hydrogen) atoms. The summed E-state index contributed by atoms with van der Waals surface area (Å²) in [5.41, 5.74) is 0. The van der Waals surface area contributed by atoms with Crippen LogP contribution in [0.15, 0.2) is 0 Å². The first-order valence-corrected chi connectivity index (χ1v) is 2.85. The predicted molar refractivity (Wildman–Crippen MR) is 31.5 cm³/mol. The highest BCUT2D eigenvalue weighted by molar-refractivity contribution is 5.66. The quantitative estimate of drug-likeness (QED) is 0.423. The molecule has 0 heterocycles. The van der Waals surface area contributed by atoms with E-state index in [2.05, 4.69) is 0 Å². The van der Waals surface area contributed by atoms with E-state index >= 15 is 0 Å².